The Balaban J connectivity index is 1.41. The highest BCUT2D eigenvalue weighted by Gasteiger charge is 2.42. The van der Waals surface area contributed by atoms with Crippen molar-refractivity contribution >= 4 is 6.16 Å². The molecule has 0 saturated carbocycles. The number of methoxy groups -OCH3 is 6. The maximum Gasteiger partial charge on any atom is 0.528 e. The van der Waals surface area contributed by atoms with E-state index >= 15 is 0 Å². The van der Waals surface area contributed by atoms with Crippen molar-refractivity contribution in [1.82, 2.24) is 5.06 Å². The van der Waals surface area contributed by atoms with E-state index in [1.165, 1.54) is 5.06 Å². The zero-order chi connectivity index (χ0) is 43.1. The van der Waals surface area contributed by atoms with Crippen LogP contribution in [0.25, 0.3) is 0 Å². The van der Waals surface area contributed by atoms with Crippen LogP contribution in [0.2, 0.25) is 0 Å². The normalized spacial score (nSPS) is 16.7. The summed E-state index contributed by atoms with van der Waals surface area (Å²) in [6, 6.07) is 25.3. The van der Waals surface area contributed by atoms with E-state index < -0.39 is 24.0 Å². The Morgan fingerprint density at radius 1 is 0.617 bits per heavy atom. The number of hydrogen-bond acceptors (Lipinski definition) is 14. The van der Waals surface area contributed by atoms with Gasteiger partial charge in [0.15, 0.2) is 23.0 Å². The highest BCUT2D eigenvalue weighted by molar-refractivity contribution is 5.60. The van der Waals surface area contributed by atoms with E-state index in [2.05, 4.69) is 0 Å². The first kappa shape index (κ1) is 45.7. The highest BCUT2D eigenvalue weighted by Crippen LogP contribution is 2.41. The molecule has 326 valence electrons. The molecule has 4 aromatic rings. The maximum absolute atomic E-state index is 13.0. The third-order valence-corrected chi connectivity index (χ3v) is 9.62. The summed E-state index contributed by atoms with van der Waals surface area (Å²) in [5.74, 6) is 3.30. The quantitative estimate of drug-likeness (QED) is 0.0591. The third-order valence-electron chi connectivity index (χ3n) is 9.62. The van der Waals surface area contributed by atoms with Gasteiger partial charge in [-0.3, -0.25) is 0 Å². The van der Waals surface area contributed by atoms with E-state index in [0.29, 0.717) is 54.3 Å². The second-order valence-electron chi connectivity index (χ2n) is 15.0. The standard InChI is InChI=1S/C46H59NO13/c1-46(2,3)59-45(48)60-47-26-40(57-29-32-22-36(49-4)43(53-8)37(23-32)50-5)42(41(27-47)58-30-33-24-38(51-6)44(54-9)39(25-33)52-7)34-16-18-35(19-17-34)56-21-13-20-55-28-31-14-11-10-12-15-31/h10-12,14-19,22-25,40-42H,13,20-21,26-30H2,1-9H3/t40-,41+,42-. The van der Waals surface area contributed by atoms with Crippen LogP contribution in [-0.4, -0.2) is 98.0 Å². The van der Waals surface area contributed by atoms with Crippen LogP contribution in [0.15, 0.2) is 78.9 Å². The summed E-state index contributed by atoms with van der Waals surface area (Å²) in [5, 5.41) is 1.53. The largest absolute Gasteiger partial charge is 0.528 e. The molecule has 14 heteroatoms. The van der Waals surface area contributed by atoms with Crippen LogP contribution in [0.1, 0.15) is 55.4 Å². The van der Waals surface area contributed by atoms with Crippen LogP contribution in [0.3, 0.4) is 0 Å². The predicted octanol–water partition coefficient (Wildman–Crippen LogP) is 8.16. The first-order valence-corrected chi connectivity index (χ1v) is 19.8. The Morgan fingerprint density at radius 2 is 1.12 bits per heavy atom. The van der Waals surface area contributed by atoms with Gasteiger partial charge in [-0.1, -0.05) is 42.5 Å². The van der Waals surface area contributed by atoms with E-state index in [0.717, 1.165) is 34.4 Å². The minimum absolute atomic E-state index is 0.158. The van der Waals surface area contributed by atoms with E-state index in [1.807, 2.05) is 78.9 Å². The van der Waals surface area contributed by atoms with Crippen molar-refractivity contribution < 1.29 is 61.7 Å². The van der Waals surface area contributed by atoms with Crippen LogP contribution < -0.4 is 33.2 Å². The van der Waals surface area contributed by atoms with Gasteiger partial charge in [0.25, 0.3) is 0 Å². The lowest BCUT2D eigenvalue weighted by Gasteiger charge is -2.42. The fourth-order valence-electron chi connectivity index (χ4n) is 6.88. The van der Waals surface area contributed by atoms with Crippen molar-refractivity contribution in [2.45, 2.75) is 70.7 Å². The van der Waals surface area contributed by atoms with Crippen LogP contribution in [0, 0.1) is 0 Å². The van der Waals surface area contributed by atoms with Gasteiger partial charge in [0, 0.05) is 12.3 Å². The van der Waals surface area contributed by atoms with E-state index in [1.54, 1.807) is 63.4 Å². The second-order valence-corrected chi connectivity index (χ2v) is 15.0. The summed E-state index contributed by atoms with van der Waals surface area (Å²) in [6.07, 6.45) is -1.21. The summed E-state index contributed by atoms with van der Waals surface area (Å²) in [5.41, 5.74) is 2.86. The first-order valence-electron chi connectivity index (χ1n) is 19.8. The SMILES string of the molecule is COc1cc(CO[C@H]2CN(OC(=O)OC(C)(C)C)C[C@@H](OCc3cc(OC)c(OC)c(OC)c3)[C@H]2c2ccc(OCCCOCc3ccccc3)cc2)cc(OC)c1OC. The highest BCUT2D eigenvalue weighted by atomic mass is 16.8. The number of carbonyl (C=O) groups is 1. The minimum Gasteiger partial charge on any atom is -0.494 e. The van der Waals surface area contributed by atoms with E-state index in [4.69, 9.17) is 56.9 Å². The molecule has 1 fully saturated rings. The molecule has 1 aliphatic heterocycles. The van der Waals surface area contributed by atoms with Crippen molar-refractivity contribution in [3.8, 4) is 40.2 Å². The average molecular weight is 834 g/mol. The van der Waals surface area contributed by atoms with Crippen LogP contribution in [-0.2, 0) is 43.6 Å². The monoisotopic (exact) mass is 833 g/mol. The number of ether oxygens (including phenoxy) is 11. The Hall–Kier alpha value is -5.41. The summed E-state index contributed by atoms with van der Waals surface area (Å²) in [6.45, 7) is 7.70. The summed E-state index contributed by atoms with van der Waals surface area (Å²) < 4.78 is 64.5. The molecule has 0 amide bonds. The molecule has 0 unspecified atom stereocenters. The molecule has 4 aromatic carbocycles. The molecule has 0 bridgehead atoms. The molecular formula is C46H59NO13. The number of piperidine rings is 1. The molecule has 1 saturated heterocycles. The lowest BCUT2D eigenvalue weighted by Crippen LogP contribution is -2.53. The molecule has 0 aromatic heterocycles. The fraction of sp³-hybridized carbons (Fsp3) is 0.457. The minimum atomic E-state index is -0.834. The van der Waals surface area contributed by atoms with Crippen LogP contribution in [0.5, 0.6) is 40.2 Å². The van der Waals surface area contributed by atoms with Gasteiger partial charge < -0.3 is 56.9 Å². The number of carbonyl (C=O) groups excluding carboxylic acids is 1. The average Bonchev–Trinajstić information content (AvgIpc) is 3.25. The molecule has 1 heterocycles. The van der Waals surface area contributed by atoms with Crippen LogP contribution >= 0.6 is 0 Å². The maximum atomic E-state index is 13.0. The zero-order valence-electron chi connectivity index (χ0n) is 36.1. The van der Waals surface area contributed by atoms with Crippen molar-refractivity contribution in [2.75, 3.05) is 69.0 Å². The summed E-state index contributed by atoms with van der Waals surface area (Å²) >= 11 is 0. The Labute approximate surface area is 353 Å². The lowest BCUT2D eigenvalue weighted by molar-refractivity contribution is -0.209. The van der Waals surface area contributed by atoms with Gasteiger partial charge in [-0.15, -0.1) is 5.06 Å². The fourth-order valence-corrected chi connectivity index (χ4v) is 6.88. The summed E-state index contributed by atoms with van der Waals surface area (Å²) in [4.78, 5) is 18.8. The number of nitrogens with zero attached hydrogens (tertiary/aromatic N) is 1. The van der Waals surface area contributed by atoms with Crippen molar-refractivity contribution in [1.29, 1.82) is 0 Å². The van der Waals surface area contributed by atoms with Gasteiger partial charge in [-0.2, -0.15) is 0 Å². The molecule has 60 heavy (non-hydrogen) atoms. The molecular weight excluding hydrogens is 774 g/mol. The summed E-state index contributed by atoms with van der Waals surface area (Å²) in [7, 11) is 9.36. The zero-order valence-corrected chi connectivity index (χ0v) is 36.1. The van der Waals surface area contributed by atoms with Crippen molar-refractivity contribution in [2.24, 2.45) is 0 Å². The van der Waals surface area contributed by atoms with E-state index in [-0.39, 0.29) is 32.2 Å². The van der Waals surface area contributed by atoms with Gasteiger partial charge in [0.05, 0.1) is 101 Å². The predicted molar refractivity (Wildman–Crippen MR) is 224 cm³/mol. The molecule has 1 aliphatic rings. The van der Waals surface area contributed by atoms with Gasteiger partial charge in [-0.25, -0.2) is 4.79 Å². The van der Waals surface area contributed by atoms with Gasteiger partial charge >= 0.3 is 6.16 Å². The number of benzene rings is 4. The number of hydroxylamine groups is 2. The third kappa shape index (κ3) is 12.8. The van der Waals surface area contributed by atoms with Crippen molar-refractivity contribution in [3.05, 3.63) is 101 Å². The molecule has 0 spiro atoms. The molecule has 3 atom stereocenters. The lowest BCUT2D eigenvalue weighted by atomic mass is 9.85. The van der Waals surface area contributed by atoms with Gasteiger partial charge in [-0.05, 0) is 79.4 Å². The topological polar surface area (TPSA) is 131 Å². The molecule has 14 nitrogen and oxygen atoms in total. The Morgan fingerprint density at radius 3 is 1.57 bits per heavy atom. The van der Waals surface area contributed by atoms with Crippen LogP contribution in [0.4, 0.5) is 4.79 Å². The number of hydrogen-bond donors (Lipinski definition) is 0. The molecule has 5 rings (SSSR count). The van der Waals surface area contributed by atoms with Gasteiger partial charge in [0.1, 0.15) is 11.4 Å². The molecule has 0 aliphatic carbocycles. The second kappa shape index (κ2) is 22.3. The number of rotatable bonds is 21. The smallest absolute Gasteiger partial charge is 0.494 e. The molecule has 0 radical (unpaired) electrons. The van der Waals surface area contributed by atoms with Gasteiger partial charge in [0.2, 0.25) is 11.5 Å². The first-order chi connectivity index (χ1) is 29.0. The van der Waals surface area contributed by atoms with E-state index in [9.17, 15) is 4.79 Å². The molecule has 0 N–H and O–H groups in total. The Kier molecular flexibility index (Phi) is 16.9. The van der Waals surface area contributed by atoms with Crippen molar-refractivity contribution in [3.63, 3.8) is 0 Å². The Bertz CT molecular complexity index is 1810.